The van der Waals surface area contributed by atoms with E-state index in [9.17, 15) is 22.4 Å². The zero-order valence-corrected chi connectivity index (χ0v) is 23.9. The number of fused-ring (bicyclic) bond motifs is 1. The first-order chi connectivity index (χ1) is 17.9. The van der Waals surface area contributed by atoms with Crippen LogP contribution in [0.2, 0.25) is 10.0 Å². The van der Waals surface area contributed by atoms with Crippen molar-refractivity contribution in [2.45, 2.75) is 61.9 Å². The van der Waals surface area contributed by atoms with Crippen LogP contribution in [0.1, 0.15) is 63.3 Å². The fraction of sp³-hybridized carbons (Fsp3) is 0.444. The lowest BCUT2D eigenvalue weighted by molar-refractivity contribution is -0.160. The Balaban J connectivity index is 1.72. The number of allylic oxidation sites excluding steroid dienone is 1. The Morgan fingerprint density at radius 1 is 1.16 bits per heavy atom. The number of nitrogens with one attached hydrogen (secondary N) is 2. The molecule has 1 aromatic heterocycles. The summed E-state index contributed by atoms with van der Waals surface area (Å²) in [5.74, 6) is -1.21. The molecule has 2 atom stereocenters. The molecular weight excluding hydrogens is 579 g/mol. The van der Waals surface area contributed by atoms with Gasteiger partial charge in [0, 0.05) is 23.5 Å². The Bertz CT molecular complexity index is 1250. The first-order valence-corrected chi connectivity index (χ1v) is 15.0. The summed E-state index contributed by atoms with van der Waals surface area (Å²) in [5.41, 5.74) is 2.55. The summed E-state index contributed by atoms with van der Waals surface area (Å²) in [6, 6.07) is 1.76. The van der Waals surface area contributed by atoms with Crippen LogP contribution in [0.25, 0.3) is 5.57 Å². The van der Waals surface area contributed by atoms with Crippen LogP contribution in [-0.4, -0.2) is 30.9 Å². The topological polar surface area (TPSA) is 41.1 Å². The SMILES string of the molecule is C=C(CC(SC)(c1cc(Cl)c(F)c(Cl)c1)C(F)(F)F)c1sc(C(=O)NC2CCCNC2=C)c2c1CCCC2. The van der Waals surface area contributed by atoms with Crippen LogP contribution in [-0.2, 0) is 17.6 Å². The van der Waals surface area contributed by atoms with Crippen molar-refractivity contribution in [3.05, 3.63) is 73.3 Å². The highest BCUT2D eigenvalue weighted by molar-refractivity contribution is 7.99. The largest absolute Gasteiger partial charge is 0.407 e. The summed E-state index contributed by atoms with van der Waals surface area (Å²) in [4.78, 5) is 14.5. The van der Waals surface area contributed by atoms with Crippen LogP contribution in [0.4, 0.5) is 17.6 Å². The Kier molecular flexibility index (Phi) is 8.82. The number of hydrogen-bond donors (Lipinski definition) is 2. The number of thioether (sulfide) groups is 1. The van der Waals surface area contributed by atoms with Gasteiger partial charge in [-0.25, -0.2) is 4.39 Å². The second kappa shape index (κ2) is 11.4. The number of benzene rings is 1. The van der Waals surface area contributed by atoms with E-state index in [1.807, 2.05) is 0 Å². The maximum Gasteiger partial charge on any atom is 0.407 e. The summed E-state index contributed by atoms with van der Waals surface area (Å²) in [7, 11) is 0. The van der Waals surface area contributed by atoms with Gasteiger partial charge in [0.15, 0.2) is 5.82 Å². The molecule has 38 heavy (non-hydrogen) atoms. The monoisotopic (exact) mass is 606 g/mol. The summed E-state index contributed by atoms with van der Waals surface area (Å²) in [6.07, 6.45) is 0.913. The van der Waals surface area contributed by atoms with E-state index >= 15 is 0 Å². The quantitative estimate of drug-likeness (QED) is 0.246. The second-order valence-corrected chi connectivity index (χ2v) is 12.5. The van der Waals surface area contributed by atoms with Gasteiger partial charge in [0.25, 0.3) is 5.91 Å². The van der Waals surface area contributed by atoms with Crippen molar-refractivity contribution in [3.8, 4) is 0 Å². The molecule has 11 heteroatoms. The standard InChI is InChI=1S/C27H28Cl2F4N2OS2/c1-14(13-26(37-3,27(31,32)33)16-11-19(28)22(30)20(29)12-16)23-17-7-4-5-8-18(17)24(38-23)25(36)35-21-9-6-10-34-15(21)2/h11-12,21,34H,1-2,4-10,13H2,3H3,(H,35,36). The molecule has 1 aliphatic heterocycles. The first kappa shape index (κ1) is 29.3. The van der Waals surface area contributed by atoms with Gasteiger partial charge in [-0.15, -0.1) is 23.1 Å². The van der Waals surface area contributed by atoms with Gasteiger partial charge in [0.1, 0.15) is 4.75 Å². The molecule has 4 rings (SSSR count). The Labute approximate surface area is 238 Å². The minimum absolute atomic E-state index is 0.202. The van der Waals surface area contributed by atoms with Crippen molar-refractivity contribution in [1.82, 2.24) is 10.6 Å². The molecule has 1 saturated heterocycles. The number of carbonyl (C=O) groups excluding carboxylic acids is 1. The van der Waals surface area contributed by atoms with Gasteiger partial charge in [-0.05, 0) is 79.2 Å². The minimum atomic E-state index is -4.73. The predicted molar refractivity (Wildman–Crippen MR) is 150 cm³/mol. The molecule has 0 spiro atoms. The van der Waals surface area contributed by atoms with E-state index in [0.29, 0.717) is 34.4 Å². The third-order valence-corrected chi connectivity index (χ3v) is 10.4. The lowest BCUT2D eigenvalue weighted by Crippen LogP contribution is -2.43. The van der Waals surface area contributed by atoms with Crippen molar-refractivity contribution in [2.75, 3.05) is 12.8 Å². The highest BCUT2D eigenvalue weighted by Crippen LogP contribution is 2.55. The normalized spacial score (nSPS) is 19.3. The lowest BCUT2D eigenvalue weighted by atomic mass is 9.86. The summed E-state index contributed by atoms with van der Waals surface area (Å²) < 4.78 is 55.9. The fourth-order valence-corrected chi connectivity index (χ4v) is 7.84. The van der Waals surface area contributed by atoms with Crippen molar-refractivity contribution < 1.29 is 22.4 Å². The first-order valence-electron chi connectivity index (χ1n) is 12.2. The Morgan fingerprint density at radius 3 is 2.32 bits per heavy atom. The molecule has 206 valence electrons. The maximum atomic E-state index is 14.8. The molecular formula is C27H28Cl2F4N2OS2. The van der Waals surface area contributed by atoms with Crippen LogP contribution in [0.5, 0.6) is 0 Å². The molecule has 2 aromatic rings. The molecule has 2 unspecified atom stereocenters. The minimum Gasteiger partial charge on any atom is -0.387 e. The van der Waals surface area contributed by atoms with Gasteiger partial charge >= 0.3 is 6.18 Å². The average molecular weight is 608 g/mol. The summed E-state index contributed by atoms with van der Waals surface area (Å²) >= 11 is 13.6. The van der Waals surface area contributed by atoms with Crippen LogP contribution in [0.15, 0.2) is 31.0 Å². The third-order valence-electron chi connectivity index (χ3n) is 7.21. The summed E-state index contributed by atoms with van der Waals surface area (Å²) in [6.45, 7) is 8.87. The zero-order chi connectivity index (χ0) is 27.8. The van der Waals surface area contributed by atoms with Gasteiger partial charge < -0.3 is 10.6 Å². The predicted octanol–water partition coefficient (Wildman–Crippen LogP) is 8.29. The number of thiophene rings is 1. The van der Waals surface area contributed by atoms with Crippen molar-refractivity contribution in [3.63, 3.8) is 0 Å². The van der Waals surface area contributed by atoms with E-state index in [-0.39, 0.29) is 23.1 Å². The Hall–Kier alpha value is -1.68. The fourth-order valence-electron chi connectivity index (χ4n) is 5.18. The third kappa shape index (κ3) is 5.49. The molecule has 1 aromatic carbocycles. The van der Waals surface area contributed by atoms with Crippen LogP contribution < -0.4 is 10.6 Å². The average Bonchev–Trinajstić information content (AvgIpc) is 3.26. The van der Waals surface area contributed by atoms with E-state index in [4.69, 9.17) is 23.2 Å². The number of carbonyl (C=O) groups is 1. The molecule has 1 fully saturated rings. The molecule has 2 heterocycles. The number of rotatable bonds is 7. The zero-order valence-electron chi connectivity index (χ0n) is 20.8. The van der Waals surface area contributed by atoms with E-state index in [0.717, 1.165) is 61.2 Å². The highest BCUT2D eigenvalue weighted by atomic mass is 35.5. The molecule has 2 aliphatic rings. The molecule has 3 nitrogen and oxygen atoms in total. The number of halogens is 6. The molecule has 1 aliphatic carbocycles. The van der Waals surface area contributed by atoms with Gasteiger partial charge in [-0.1, -0.05) is 36.4 Å². The highest BCUT2D eigenvalue weighted by Gasteiger charge is 2.56. The molecule has 0 bridgehead atoms. The van der Waals surface area contributed by atoms with Gasteiger partial charge in [0.2, 0.25) is 0 Å². The van der Waals surface area contributed by atoms with E-state index in [2.05, 4.69) is 23.8 Å². The Morgan fingerprint density at radius 2 is 1.76 bits per heavy atom. The number of hydrogen-bond acceptors (Lipinski definition) is 4. The van der Waals surface area contributed by atoms with E-state index in [1.54, 1.807) is 0 Å². The lowest BCUT2D eigenvalue weighted by Gasteiger charge is -2.36. The maximum absolute atomic E-state index is 14.8. The molecule has 0 saturated carbocycles. The molecule has 2 N–H and O–H groups in total. The van der Waals surface area contributed by atoms with E-state index < -0.39 is 33.2 Å². The van der Waals surface area contributed by atoms with Gasteiger partial charge in [-0.3, -0.25) is 4.79 Å². The van der Waals surface area contributed by atoms with Crippen molar-refractivity contribution >= 4 is 57.8 Å². The smallest absolute Gasteiger partial charge is 0.387 e. The van der Waals surface area contributed by atoms with Crippen LogP contribution in [0.3, 0.4) is 0 Å². The number of piperidine rings is 1. The van der Waals surface area contributed by atoms with Crippen LogP contribution in [0, 0.1) is 5.82 Å². The van der Waals surface area contributed by atoms with Gasteiger partial charge in [0.05, 0.1) is 21.0 Å². The van der Waals surface area contributed by atoms with Crippen molar-refractivity contribution in [1.29, 1.82) is 0 Å². The molecule has 0 radical (unpaired) electrons. The van der Waals surface area contributed by atoms with Gasteiger partial charge in [-0.2, -0.15) is 13.2 Å². The molecule has 1 amide bonds. The number of alkyl halides is 3. The van der Waals surface area contributed by atoms with Crippen LogP contribution >= 0.6 is 46.3 Å². The second-order valence-electron chi connectivity index (χ2n) is 9.61. The van der Waals surface area contributed by atoms with Crippen molar-refractivity contribution in [2.24, 2.45) is 0 Å². The van der Waals surface area contributed by atoms with E-state index in [1.165, 1.54) is 17.6 Å². The summed E-state index contributed by atoms with van der Waals surface area (Å²) in [5, 5.41) is 5.26. The number of amides is 1.